The number of ether oxygens (including phenoxy) is 1. The normalized spacial score (nSPS) is 17.3. The molecule has 178 valence electrons. The second-order valence-electron chi connectivity index (χ2n) is 9.99. The van der Waals surface area contributed by atoms with Crippen molar-refractivity contribution < 1.29 is 19.1 Å². The number of hydrogen-bond donors (Lipinski definition) is 0. The van der Waals surface area contributed by atoms with Gasteiger partial charge >= 0.3 is 6.09 Å². The van der Waals surface area contributed by atoms with E-state index in [4.69, 9.17) is 4.74 Å². The summed E-state index contributed by atoms with van der Waals surface area (Å²) in [5.74, 6) is -0.674. The van der Waals surface area contributed by atoms with Crippen molar-refractivity contribution in [2.24, 2.45) is 0 Å². The van der Waals surface area contributed by atoms with Gasteiger partial charge in [-0.2, -0.15) is 0 Å². The third-order valence-electron chi connectivity index (χ3n) is 6.47. The summed E-state index contributed by atoms with van der Waals surface area (Å²) in [7, 11) is 0. The molecule has 1 unspecified atom stereocenters. The molecule has 6 nitrogen and oxygen atoms in total. The molecule has 5 rings (SSSR count). The van der Waals surface area contributed by atoms with Gasteiger partial charge in [0.25, 0.3) is 11.8 Å². The Labute approximate surface area is 205 Å². The molecule has 6 heteroatoms. The van der Waals surface area contributed by atoms with Crippen LogP contribution in [0.1, 0.15) is 58.7 Å². The molecule has 0 aliphatic carbocycles. The molecule has 0 saturated carbocycles. The van der Waals surface area contributed by atoms with Crippen LogP contribution in [0.15, 0.2) is 72.8 Å². The molecule has 2 aliphatic heterocycles. The Bertz CT molecular complexity index is 1310. The van der Waals surface area contributed by atoms with Crippen LogP contribution in [0.2, 0.25) is 0 Å². The predicted octanol–water partition coefficient (Wildman–Crippen LogP) is 5.48. The summed E-state index contributed by atoms with van der Waals surface area (Å²) >= 11 is 0. The molecule has 0 bridgehead atoms. The minimum absolute atomic E-state index is 0.0727. The average molecular weight is 469 g/mol. The van der Waals surface area contributed by atoms with Crippen molar-refractivity contribution in [3.63, 3.8) is 0 Å². The molecule has 0 N–H and O–H groups in total. The number of hydrogen-bond acceptors (Lipinski definition) is 4. The Morgan fingerprint density at radius 2 is 1.57 bits per heavy atom. The number of amides is 3. The molecule has 35 heavy (non-hydrogen) atoms. The topological polar surface area (TPSA) is 66.9 Å². The van der Waals surface area contributed by atoms with Crippen molar-refractivity contribution in [2.75, 3.05) is 13.1 Å². The molecule has 1 atom stereocenters. The highest BCUT2D eigenvalue weighted by atomic mass is 16.6. The molecular formula is C29H28N2O4. The van der Waals surface area contributed by atoms with E-state index in [-0.39, 0.29) is 18.4 Å². The number of nitrogens with zero attached hydrogens (tertiary/aromatic N) is 2. The first-order valence-electron chi connectivity index (χ1n) is 11.9. The molecule has 2 heterocycles. The lowest BCUT2D eigenvalue weighted by molar-refractivity contribution is 0.00988. The fourth-order valence-electron chi connectivity index (χ4n) is 4.83. The highest BCUT2D eigenvalue weighted by Gasteiger charge is 2.41. The molecule has 3 aromatic carbocycles. The number of fused-ring (bicyclic) bond motifs is 2. The zero-order chi connectivity index (χ0) is 24.7. The van der Waals surface area contributed by atoms with Gasteiger partial charge in [-0.05, 0) is 61.6 Å². The summed E-state index contributed by atoms with van der Waals surface area (Å²) in [6.45, 7) is 6.01. The minimum atomic E-state index is -0.651. The maximum Gasteiger partial charge on any atom is 0.410 e. The van der Waals surface area contributed by atoms with E-state index in [0.29, 0.717) is 24.1 Å². The number of carbonyl (C=O) groups is 3. The zero-order valence-corrected chi connectivity index (χ0v) is 20.2. The second kappa shape index (κ2) is 8.69. The van der Waals surface area contributed by atoms with E-state index in [1.807, 2.05) is 81.4 Å². The molecule has 3 aromatic rings. The molecule has 2 aliphatic rings. The van der Waals surface area contributed by atoms with Crippen molar-refractivity contribution in [2.45, 2.75) is 38.8 Å². The molecule has 0 fully saturated rings. The van der Waals surface area contributed by atoms with Crippen LogP contribution < -0.4 is 0 Å². The van der Waals surface area contributed by atoms with E-state index in [2.05, 4.69) is 0 Å². The molecule has 0 aromatic heterocycles. The number of carbonyl (C=O) groups excluding carboxylic acids is 3. The molecule has 0 spiro atoms. The Balaban J connectivity index is 1.47. The van der Waals surface area contributed by atoms with Crippen LogP contribution in [0.3, 0.4) is 0 Å². The zero-order valence-electron chi connectivity index (χ0n) is 20.2. The van der Waals surface area contributed by atoms with Crippen LogP contribution in [-0.4, -0.2) is 46.4 Å². The van der Waals surface area contributed by atoms with E-state index in [1.165, 1.54) is 4.90 Å². The maximum atomic E-state index is 13.5. The van der Waals surface area contributed by atoms with E-state index < -0.39 is 17.7 Å². The van der Waals surface area contributed by atoms with E-state index in [0.717, 1.165) is 22.3 Å². The predicted molar refractivity (Wildman–Crippen MR) is 133 cm³/mol. The molecule has 0 saturated heterocycles. The van der Waals surface area contributed by atoms with Gasteiger partial charge in [0.1, 0.15) is 5.60 Å². The highest BCUT2D eigenvalue weighted by molar-refractivity contribution is 6.21. The lowest BCUT2D eigenvalue weighted by atomic mass is 9.92. The van der Waals surface area contributed by atoms with E-state index >= 15 is 0 Å². The van der Waals surface area contributed by atoms with Gasteiger partial charge in [0.2, 0.25) is 0 Å². The summed E-state index contributed by atoms with van der Waals surface area (Å²) in [5, 5.41) is 0. The largest absolute Gasteiger partial charge is 0.444 e. The van der Waals surface area contributed by atoms with Crippen molar-refractivity contribution in [3.05, 3.63) is 95.1 Å². The first-order valence-corrected chi connectivity index (χ1v) is 11.9. The summed E-state index contributed by atoms with van der Waals surface area (Å²) in [4.78, 5) is 42.8. The Morgan fingerprint density at radius 3 is 2.31 bits per heavy atom. The van der Waals surface area contributed by atoms with Gasteiger partial charge in [-0.15, -0.1) is 0 Å². The van der Waals surface area contributed by atoms with E-state index in [1.54, 1.807) is 17.0 Å². The van der Waals surface area contributed by atoms with Gasteiger partial charge in [-0.25, -0.2) is 4.79 Å². The van der Waals surface area contributed by atoms with Gasteiger partial charge in [0.05, 0.1) is 23.7 Å². The fourth-order valence-corrected chi connectivity index (χ4v) is 4.83. The monoisotopic (exact) mass is 468 g/mol. The molecular weight excluding hydrogens is 440 g/mol. The van der Waals surface area contributed by atoms with Crippen LogP contribution in [0, 0.1) is 0 Å². The van der Waals surface area contributed by atoms with Crippen LogP contribution >= 0.6 is 0 Å². The van der Waals surface area contributed by atoms with Gasteiger partial charge in [0, 0.05) is 6.54 Å². The highest BCUT2D eigenvalue weighted by Crippen LogP contribution is 2.35. The van der Waals surface area contributed by atoms with Crippen LogP contribution in [0.25, 0.3) is 11.1 Å². The van der Waals surface area contributed by atoms with Crippen molar-refractivity contribution in [1.82, 2.24) is 9.80 Å². The number of benzene rings is 3. The van der Waals surface area contributed by atoms with Crippen LogP contribution in [-0.2, 0) is 11.2 Å². The number of rotatable bonds is 3. The molecule has 0 radical (unpaired) electrons. The summed E-state index contributed by atoms with van der Waals surface area (Å²) in [6.07, 6.45) is 0.244. The average Bonchev–Trinajstić information content (AvgIpc) is 3.08. The number of imide groups is 1. The minimum Gasteiger partial charge on any atom is -0.444 e. The maximum absolute atomic E-state index is 13.5. The van der Waals surface area contributed by atoms with Crippen LogP contribution in [0.4, 0.5) is 4.79 Å². The first-order chi connectivity index (χ1) is 16.7. The summed E-state index contributed by atoms with van der Waals surface area (Å²) < 4.78 is 5.67. The molecule has 3 amide bonds. The van der Waals surface area contributed by atoms with Gasteiger partial charge in [-0.1, -0.05) is 60.7 Å². The third-order valence-corrected chi connectivity index (χ3v) is 6.47. The summed E-state index contributed by atoms with van der Waals surface area (Å²) in [6, 6.07) is 22.5. The lowest BCUT2D eigenvalue weighted by Crippen LogP contribution is -2.48. The quantitative estimate of drug-likeness (QED) is 0.477. The smallest absolute Gasteiger partial charge is 0.410 e. The Hall–Kier alpha value is -3.93. The third kappa shape index (κ3) is 4.32. The fraction of sp³-hybridized carbons (Fsp3) is 0.276. The Kier molecular flexibility index (Phi) is 5.67. The summed E-state index contributed by atoms with van der Waals surface area (Å²) in [5.41, 5.74) is 4.04. The second-order valence-corrected chi connectivity index (χ2v) is 9.99. The van der Waals surface area contributed by atoms with Gasteiger partial charge < -0.3 is 4.74 Å². The van der Waals surface area contributed by atoms with Crippen molar-refractivity contribution in [1.29, 1.82) is 0 Å². The van der Waals surface area contributed by atoms with Crippen molar-refractivity contribution in [3.8, 4) is 11.1 Å². The standard InChI is InChI=1S/C29H28N2O4/c1-29(2,3)35-28(34)30-16-15-20-11-7-8-12-22(20)25(30)18-31-26(32)23-14-13-21(17-24(23)27(31)33)19-9-5-4-6-10-19/h4-14,17,25H,15-16,18H2,1-3H3. The SMILES string of the molecule is CC(C)(C)OC(=O)N1CCc2ccccc2C1CN1C(=O)c2ccc(-c3ccccc3)cc2C1=O. The van der Waals surface area contributed by atoms with Crippen molar-refractivity contribution >= 4 is 17.9 Å². The first kappa shape index (κ1) is 22.8. The lowest BCUT2D eigenvalue weighted by Gasteiger charge is -2.39. The van der Waals surface area contributed by atoms with Gasteiger partial charge in [-0.3, -0.25) is 19.4 Å². The Morgan fingerprint density at radius 1 is 0.886 bits per heavy atom. The van der Waals surface area contributed by atoms with E-state index in [9.17, 15) is 14.4 Å². The van der Waals surface area contributed by atoms with Gasteiger partial charge in [0.15, 0.2) is 0 Å². The van der Waals surface area contributed by atoms with Crippen LogP contribution in [0.5, 0.6) is 0 Å².